The van der Waals surface area contributed by atoms with E-state index in [1.54, 1.807) is 0 Å². The first-order chi connectivity index (χ1) is 11.2. The quantitative estimate of drug-likeness (QED) is 0.290. The van der Waals surface area contributed by atoms with Crippen LogP contribution < -0.4 is 10.6 Å². The molecule has 0 aromatic carbocycles. The van der Waals surface area contributed by atoms with Crippen molar-refractivity contribution in [2.75, 3.05) is 13.1 Å². The van der Waals surface area contributed by atoms with Crippen LogP contribution >= 0.6 is 24.0 Å². The molecular weight excluding hydrogens is 413 g/mol. The highest BCUT2D eigenvalue weighted by molar-refractivity contribution is 14.0. The first kappa shape index (κ1) is 21.3. The van der Waals surface area contributed by atoms with Crippen LogP contribution in [0.4, 0.5) is 0 Å². The molecule has 6 heteroatoms. The van der Waals surface area contributed by atoms with Crippen LogP contribution in [0.3, 0.4) is 0 Å². The third-order valence-electron chi connectivity index (χ3n) is 4.80. The van der Waals surface area contributed by atoms with E-state index in [0.29, 0.717) is 6.04 Å². The summed E-state index contributed by atoms with van der Waals surface area (Å²) in [7, 11) is 0. The molecule has 0 radical (unpaired) electrons. The summed E-state index contributed by atoms with van der Waals surface area (Å²) in [6, 6.07) is 0.580. The molecule has 0 aliphatic heterocycles. The number of rotatable bonds is 7. The summed E-state index contributed by atoms with van der Waals surface area (Å²) < 4.78 is 2.10. The van der Waals surface area contributed by atoms with Gasteiger partial charge in [-0.2, -0.15) is 0 Å². The average Bonchev–Trinajstić information content (AvgIpc) is 3.05. The Hall–Kier alpha value is -0.790. The molecule has 1 aromatic rings. The zero-order valence-corrected chi connectivity index (χ0v) is 17.7. The molecule has 0 amide bonds. The summed E-state index contributed by atoms with van der Waals surface area (Å²) >= 11 is 0. The summed E-state index contributed by atoms with van der Waals surface area (Å²) in [5, 5.41) is 7.01. The largest absolute Gasteiger partial charge is 0.357 e. The number of nitrogens with zero attached hydrogens (tertiary/aromatic N) is 3. The zero-order valence-electron chi connectivity index (χ0n) is 15.4. The topological polar surface area (TPSA) is 54.2 Å². The van der Waals surface area contributed by atoms with Crippen LogP contribution in [0.25, 0.3) is 0 Å². The van der Waals surface area contributed by atoms with Gasteiger partial charge in [0.05, 0.1) is 6.33 Å². The maximum atomic E-state index is 4.72. The normalized spacial score (nSPS) is 21.4. The van der Waals surface area contributed by atoms with Gasteiger partial charge in [-0.1, -0.05) is 13.8 Å². The van der Waals surface area contributed by atoms with E-state index in [1.807, 2.05) is 18.7 Å². The number of aromatic nitrogens is 2. The summed E-state index contributed by atoms with van der Waals surface area (Å²) in [6.07, 6.45) is 11.9. The van der Waals surface area contributed by atoms with Crippen LogP contribution in [0.15, 0.2) is 23.7 Å². The summed E-state index contributed by atoms with van der Waals surface area (Å²) in [4.78, 5) is 8.79. The van der Waals surface area contributed by atoms with E-state index in [2.05, 4.69) is 41.0 Å². The molecule has 5 nitrogen and oxygen atoms in total. The Balaban J connectivity index is 0.00000288. The van der Waals surface area contributed by atoms with Gasteiger partial charge in [0.15, 0.2) is 5.96 Å². The minimum Gasteiger partial charge on any atom is -0.357 e. The molecule has 0 saturated heterocycles. The van der Waals surface area contributed by atoms with Crippen LogP contribution in [0, 0.1) is 11.8 Å². The van der Waals surface area contributed by atoms with Crippen LogP contribution in [0.1, 0.15) is 52.9 Å². The molecule has 0 bridgehead atoms. The van der Waals surface area contributed by atoms with Gasteiger partial charge in [0.25, 0.3) is 0 Å². The predicted octanol–water partition coefficient (Wildman–Crippen LogP) is 3.66. The number of hydrogen-bond donors (Lipinski definition) is 2. The minimum atomic E-state index is 0. The second kappa shape index (κ2) is 11.7. The van der Waals surface area contributed by atoms with Crippen molar-refractivity contribution in [2.45, 2.75) is 65.5 Å². The second-order valence-electron chi connectivity index (χ2n) is 6.91. The number of hydrogen-bond acceptors (Lipinski definition) is 2. The summed E-state index contributed by atoms with van der Waals surface area (Å²) in [5.41, 5.74) is 0. The van der Waals surface area contributed by atoms with Crippen molar-refractivity contribution >= 4 is 29.9 Å². The lowest BCUT2D eigenvalue weighted by Gasteiger charge is -2.32. The molecule has 24 heavy (non-hydrogen) atoms. The SMILES string of the molecule is CCNC(=NCCCn1ccnc1)NC1CCC(C(C)C)CC1.I. The van der Waals surface area contributed by atoms with E-state index in [0.717, 1.165) is 43.9 Å². The lowest BCUT2D eigenvalue weighted by molar-refractivity contribution is 0.250. The fraction of sp³-hybridized carbons (Fsp3) is 0.778. The predicted molar refractivity (Wildman–Crippen MR) is 112 cm³/mol. The monoisotopic (exact) mass is 447 g/mol. The highest BCUT2D eigenvalue weighted by atomic mass is 127. The molecule has 1 aliphatic rings. The van der Waals surface area contributed by atoms with Crippen LogP contribution in [-0.2, 0) is 6.54 Å². The molecule has 1 saturated carbocycles. The number of aryl methyl sites for hydroxylation is 1. The number of guanidine groups is 1. The van der Waals surface area contributed by atoms with Crippen molar-refractivity contribution < 1.29 is 0 Å². The average molecular weight is 447 g/mol. The summed E-state index contributed by atoms with van der Waals surface area (Å²) in [6.45, 7) is 9.55. The van der Waals surface area contributed by atoms with Crippen molar-refractivity contribution in [1.82, 2.24) is 20.2 Å². The van der Waals surface area contributed by atoms with E-state index in [9.17, 15) is 0 Å². The third-order valence-corrected chi connectivity index (χ3v) is 4.80. The highest BCUT2D eigenvalue weighted by Crippen LogP contribution is 2.29. The van der Waals surface area contributed by atoms with E-state index in [-0.39, 0.29) is 24.0 Å². The van der Waals surface area contributed by atoms with Gasteiger partial charge in [-0.15, -0.1) is 24.0 Å². The maximum absolute atomic E-state index is 4.72. The van der Waals surface area contributed by atoms with Crippen molar-refractivity contribution in [2.24, 2.45) is 16.8 Å². The minimum absolute atomic E-state index is 0. The smallest absolute Gasteiger partial charge is 0.191 e. The first-order valence-corrected chi connectivity index (χ1v) is 9.19. The van der Waals surface area contributed by atoms with E-state index < -0.39 is 0 Å². The molecule has 2 rings (SSSR count). The van der Waals surface area contributed by atoms with Crippen molar-refractivity contribution in [1.29, 1.82) is 0 Å². The van der Waals surface area contributed by atoms with Gasteiger partial charge in [-0.25, -0.2) is 4.98 Å². The number of halogens is 1. The lowest BCUT2D eigenvalue weighted by atomic mass is 9.80. The third kappa shape index (κ3) is 7.40. The van der Waals surface area contributed by atoms with Gasteiger partial charge in [-0.3, -0.25) is 4.99 Å². The molecule has 0 unspecified atom stereocenters. The van der Waals surface area contributed by atoms with Gasteiger partial charge in [0.2, 0.25) is 0 Å². The number of aliphatic imine (C=N–C) groups is 1. The molecule has 2 N–H and O–H groups in total. The first-order valence-electron chi connectivity index (χ1n) is 9.19. The van der Waals surface area contributed by atoms with Crippen molar-refractivity contribution in [3.8, 4) is 0 Å². The van der Waals surface area contributed by atoms with Crippen molar-refractivity contribution in [3.05, 3.63) is 18.7 Å². The van der Waals surface area contributed by atoms with Gasteiger partial charge in [0, 0.05) is 38.1 Å². The van der Waals surface area contributed by atoms with Gasteiger partial charge < -0.3 is 15.2 Å². The Kier molecular flexibility index (Phi) is 10.4. The fourth-order valence-electron chi connectivity index (χ4n) is 3.31. The van der Waals surface area contributed by atoms with Crippen LogP contribution in [0.5, 0.6) is 0 Å². The molecule has 1 heterocycles. The highest BCUT2D eigenvalue weighted by Gasteiger charge is 2.23. The fourth-order valence-corrected chi connectivity index (χ4v) is 3.31. The Morgan fingerprint density at radius 1 is 1.29 bits per heavy atom. The van der Waals surface area contributed by atoms with Crippen LogP contribution in [0.2, 0.25) is 0 Å². The molecule has 138 valence electrons. The van der Waals surface area contributed by atoms with E-state index >= 15 is 0 Å². The molecule has 1 fully saturated rings. The van der Waals surface area contributed by atoms with Gasteiger partial charge in [0.1, 0.15) is 0 Å². The van der Waals surface area contributed by atoms with Gasteiger partial charge >= 0.3 is 0 Å². The molecular formula is C18H34IN5. The molecule has 1 aliphatic carbocycles. The molecule has 1 aromatic heterocycles. The Morgan fingerprint density at radius 2 is 2.04 bits per heavy atom. The standard InChI is InChI=1S/C18H33N5.HI/c1-4-20-18(21-10-5-12-23-13-11-19-14-23)22-17-8-6-16(7-9-17)15(2)3;/h11,13-17H,4-10,12H2,1-3H3,(H2,20,21,22);1H. The molecule has 0 spiro atoms. The van der Waals surface area contributed by atoms with Crippen LogP contribution in [-0.4, -0.2) is 34.6 Å². The maximum Gasteiger partial charge on any atom is 0.191 e. The Labute approximate surface area is 164 Å². The van der Waals surface area contributed by atoms with E-state index in [4.69, 9.17) is 4.99 Å². The number of imidazole rings is 1. The van der Waals surface area contributed by atoms with Gasteiger partial charge in [-0.05, 0) is 50.9 Å². The molecule has 0 atom stereocenters. The van der Waals surface area contributed by atoms with Crippen molar-refractivity contribution in [3.63, 3.8) is 0 Å². The zero-order chi connectivity index (χ0) is 16.5. The lowest BCUT2D eigenvalue weighted by Crippen LogP contribution is -2.45. The Morgan fingerprint density at radius 3 is 2.62 bits per heavy atom. The number of nitrogens with one attached hydrogen (secondary N) is 2. The second-order valence-corrected chi connectivity index (χ2v) is 6.91. The Bertz CT molecular complexity index is 450. The summed E-state index contributed by atoms with van der Waals surface area (Å²) in [5.74, 6) is 2.70. The van der Waals surface area contributed by atoms with E-state index in [1.165, 1.54) is 25.7 Å².